The van der Waals surface area contributed by atoms with Gasteiger partial charge in [0.25, 0.3) is 5.69 Å². The molecule has 1 aliphatic rings. The maximum Gasteiger partial charge on any atom is 0.272 e. The molecule has 8 heteroatoms. The second kappa shape index (κ2) is 6.68. The molecule has 0 aliphatic carbocycles. The molecule has 1 atom stereocenters. The highest BCUT2D eigenvalue weighted by atomic mass is 16.6. The monoisotopic (exact) mass is 339 g/mol. The van der Waals surface area contributed by atoms with Crippen molar-refractivity contribution in [2.45, 2.75) is 26.6 Å². The van der Waals surface area contributed by atoms with E-state index in [0.717, 1.165) is 23.1 Å². The highest BCUT2D eigenvalue weighted by molar-refractivity contribution is 5.67. The Balaban J connectivity index is 1.81. The maximum atomic E-state index is 11.6. The second-order valence-electron chi connectivity index (χ2n) is 5.84. The van der Waals surface area contributed by atoms with Gasteiger partial charge in [-0.25, -0.2) is 10.0 Å². The van der Waals surface area contributed by atoms with Crippen LogP contribution in [0.25, 0.3) is 0 Å². The molecule has 0 bridgehead atoms. The van der Waals surface area contributed by atoms with Gasteiger partial charge < -0.3 is 0 Å². The van der Waals surface area contributed by atoms with Crippen LogP contribution in [-0.4, -0.2) is 22.4 Å². The Morgan fingerprint density at radius 1 is 1.16 bits per heavy atom. The van der Waals surface area contributed by atoms with E-state index in [1.165, 1.54) is 6.07 Å². The molecule has 0 saturated carbocycles. The van der Waals surface area contributed by atoms with Crippen LogP contribution in [-0.2, 0) is 11.3 Å². The number of nitro groups is 1. The van der Waals surface area contributed by atoms with Crippen molar-refractivity contribution in [3.63, 3.8) is 0 Å². The van der Waals surface area contributed by atoms with Crippen LogP contribution in [0.1, 0.15) is 16.7 Å². The fraction of sp³-hybridized carbons (Fsp3) is 0.235. The second-order valence-corrected chi connectivity index (χ2v) is 5.84. The van der Waals surface area contributed by atoms with Crippen LogP contribution in [0.3, 0.4) is 0 Å². The third-order valence-electron chi connectivity index (χ3n) is 4.09. The van der Waals surface area contributed by atoms with Gasteiger partial charge in [-0.05, 0) is 42.3 Å². The summed E-state index contributed by atoms with van der Waals surface area (Å²) in [6.45, 7) is 3.95. The summed E-state index contributed by atoms with van der Waals surface area (Å²) in [5.74, 6) is 0. The molecular weight excluding hydrogens is 322 g/mol. The Kier molecular flexibility index (Phi) is 4.42. The van der Waals surface area contributed by atoms with Gasteiger partial charge in [-0.2, -0.15) is 0 Å². The molecule has 0 aromatic heterocycles. The molecular formula is C17H17N5O3. The molecule has 1 heterocycles. The third kappa shape index (κ3) is 3.18. The summed E-state index contributed by atoms with van der Waals surface area (Å²) in [5.41, 5.74) is 3.25. The van der Waals surface area contributed by atoms with Gasteiger partial charge in [0.2, 0.25) is 0 Å². The number of nitro benzene ring substituents is 1. The van der Waals surface area contributed by atoms with E-state index < -0.39 is 11.1 Å². The first kappa shape index (κ1) is 16.6. The fourth-order valence-electron chi connectivity index (χ4n) is 2.80. The maximum absolute atomic E-state index is 11.6. The van der Waals surface area contributed by atoms with Crippen LogP contribution in [0.5, 0.6) is 0 Å². The molecule has 0 saturated heterocycles. The lowest BCUT2D eigenvalue weighted by Gasteiger charge is -2.24. The Morgan fingerprint density at radius 3 is 2.56 bits per heavy atom. The lowest BCUT2D eigenvalue weighted by atomic mass is 10.1. The molecule has 128 valence electrons. The van der Waals surface area contributed by atoms with Crippen molar-refractivity contribution in [2.75, 3.05) is 5.01 Å². The van der Waals surface area contributed by atoms with Crippen molar-refractivity contribution < 1.29 is 9.72 Å². The van der Waals surface area contributed by atoms with Gasteiger partial charge in [-0.1, -0.05) is 29.5 Å². The Bertz CT molecular complexity index is 852. The predicted molar refractivity (Wildman–Crippen MR) is 91.7 cm³/mol. The Hall–Kier alpha value is -3.29. The van der Waals surface area contributed by atoms with Gasteiger partial charge in [-0.3, -0.25) is 14.9 Å². The average Bonchev–Trinajstić information content (AvgIpc) is 2.97. The SMILES string of the molecule is Cc1ccccc1N1N=NN(Cc2ccc([N+](=O)[O-])c(C)c2)C1C=O. The van der Waals surface area contributed by atoms with E-state index in [2.05, 4.69) is 10.4 Å². The van der Waals surface area contributed by atoms with Gasteiger partial charge in [0, 0.05) is 11.6 Å². The van der Waals surface area contributed by atoms with Crippen LogP contribution >= 0.6 is 0 Å². The molecule has 0 radical (unpaired) electrons. The van der Waals surface area contributed by atoms with Crippen molar-refractivity contribution in [3.05, 3.63) is 69.3 Å². The minimum Gasteiger partial charge on any atom is -0.299 e. The predicted octanol–water partition coefficient (Wildman–Crippen LogP) is 3.34. The largest absolute Gasteiger partial charge is 0.299 e. The van der Waals surface area contributed by atoms with E-state index in [0.29, 0.717) is 12.1 Å². The standard InChI is InChI=1S/C17H17N5O3/c1-12-5-3-4-6-15(12)21-17(11-23)20(18-19-21)10-14-7-8-16(22(24)25)13(2)9-14/h3-9,11,17H,10H2,1-2H3. The summed E-state index contributed by atoms with van der Waals surface area (Å²) < 4.78 is 0. The van der Waals surface area contributed by atoms with Crippen LogP contribution < -0.4 is 5.01 Å². The zero-order valence-electron chi connectivity index (χ0n) is 13.9. The number of aldehydes is 1. The van der Waals surface area contributed by atoms with Crippen molar-refractivity contribution in [1.29, 1.82) is 0 Å². The van der Waals surface area contributed by atoms with Gasteiger partial charge in [0.05, 0.1) is 17.2 Å². The number of hydrogen-bond acceptors (Lipinski definition) is 7. The molecule has 25 heavy (non-hydrogen) atoms. The van der Waals surface area contributed by atoms with E-state index in [-0.39, 0.29) is 5.69 Å². The molecule has 2 aromatic rings. The summed E-state index contributed by atoms with van der Waals surface area (Å²) in [5, 5.41) is 22.2. The zero-order valence-corrected chi connectivity index (χ0v) is 13.9. The quantitative estimate of drug-likeness (QED) is 0.473. The highest BCUT2D eigenvalue weighted by Crippen LogP contribution is 2.28. The molecule has 8 nitrogen and oxygen atoms in total. The van der Waals surface area contributed by atoms with E-state index >= 15 is 0 Å². The van der Waals surface area contributed by atoms with Crippen LogP contribution in [0.2, 0.25) is 0 Å². The summed E-state index contributed by atoms with van der Waals surface area (Å²) in [7, 11) is 0. The number of anilines is 1. The van der Waals surface area contributed by atoms with E-state index in [4.69, 9.17) is 0 Å². The van der Waals surface area contributed by atoms with E-state index in [1.807, 2.05) is 31.2 Å². The highest BCUT2D eigenvalue weighted by Gasteiger charge is 2.31. The van der Waals surface area contributed by atoms with Gasteiger partial charge in [-0.15, -0.1) is 0 Å². The molecule has 0 amide bonds. The van der Waals surface area contributed by atoms with Crippen LogP contribution in [0, 0.1) is 24.0 Å². The number of hydrogen-bond donors (Lipinski definition) is 0. The first-order valence-corrected chi connectivity index (χ1v) is 7.73. The van der Waals surface area contributed by atoms with Crippen molar-refractivity contribution in [3.8, 4) is 0 Å². The van der Waals surface area contributed by atoms with E-state index in [9.17, 15) is 14.9 Å². The Morgan fingerprint density at radius 2 is 1.92 bits per heavy atom. The fourth-order valence-corrected chi connectivity index (χ4v) is 2.80. The number of carbonyl (C=O) groups is 1. The minimum atomic E-state index is -0.656. The minimum absolute atomic E-state index is 0.0697. The van der Waals surface area contributed by atoms with Crippen molar-refractivity contribution in [2.24, 2.45) is 10.4 Å². The summed E-state index contributed by atoms with van der Waals surface area (Å²) in [4.78, 5) is 22.1. The van der Waals surface area contributed by atoms with Gasteiger partial charge in [0.1, 0.15) is 0 Å². The molecule has 0 N–H and O–H groups in total. The average molecular weight is 339 g/mol. The van der Waals surface area contributed by atoms with E-state index in [1.54, 1.807) is 29.1 Å². The molecule has 0 fully saturated rings. The molecule has 2 aromatic carbocycles. The normalized spacial score (nSPS) is 16.3. The zero-order chi connectivity index (χ0) is 18.0. The molecule has 1 aliphatic heterocycles. The number of benzene rings is 2. The van der Waals surface area contributed by atoms with Gasteiger partial charge >= 0.3 is 0 Å². The lowest BCUT2D eigenvalue weighted by molar-refractivity contribution is -0.385. The first-order chi connectivity index (χ1) is 12.0. The third-order valence-corrected chi connectivity index (χ3v) is 4.09. The number of nitrogens with zero attached hydrogens (tertiary/aromatic N) is 5. The smallest absolute Gasteiger partial charge is 0.272 e. The number of carbonyl (C=O) groups excluding carboxylic acids is 1. The topological polar surface area (TPSA) is 91.4 Å². The van der Waals surface area contributed by atoms with Crippen molar-refractivity contribution in [1.82, 2.24) is 5.01 Å². The number of para-hydroxylation sites is 1. The van der Waals surface area contributed by atoms with Crippen LogP contribution in [0.4, 0.5) is 11.4 Å². The van der Waals surface area contributed by atoms with Crippen LogP contribution in [0.15, 0.2) is 52.9 Å². The summed E-state index contributed by atoms with van der Waals surface area (Å²) in [6.07, 6.45) is 0.127. The molecule has 0 spiro atoms. The first-order valence-electron chi connectivity index (χ1n) is 7.73. The summed E-state index contributed by atoms with van der Waals surface area (Å²) >= 11 is 0. The Labute approximate surface area is 144 Å². The number of aryl methyl sites for hydroxylation is 2. The van der Waals surface area contributed by atoms with Crippen molar-refractivity contribution >= 4 is 17.7 Å². The lowest BCUT2D eigenvalue weighted by Crippen LogP contribution is -2.39. The molecule has 1 unspecified atom stereocenters. The van der Waals surface area contributed by atoms with Gasteiger partial charge in [0.15, 0.2) is 12.5 Å². The molecule has 3 rings (SSSR count). The summed E-state index contributed by atoms with van der Waals surface area (Å²) in [6, 6.07) is 12.5. The number of rotatable bonds is 5.